The Morgan fingerprint density at radius 1 is 1.44 bits per heavy atom. The third kappa shape index (κ3) is 4.72. The minimum atomic E-state index is -0.184. The fourth-order valence-corrected chi connectivity index (χ4v) is 3.98. The summed E-state index contributed by atoms with van der Waals surface area (Å²) in [6.45, 7) is 6.24. The van der Waals surface area contributed by atoms with Crippen LogP contribution in [0.4, 0.5) is 0 Å². The van der Waals surface area contributed by atoms with Crippen LogP contribution < -0.4 is 5.56 Å². The average Bonchev–Trinajstić information content (AvgIpc) is 2.97. The molecule has 1 aliphatic heterocycles. The summed E-state index contributed by atoms with van der Waals surface area (Å²) in [5.74, 6) is 1.85. The number of likely N-dealkylation sites (tertiary alicyclic amines) is 1. The topological polar surface area (TPSA) is 83.9 Å². The number of carbonyl (C=O) groups is 1. The zero-order valence-electron chi connectivity index (χ0n) is 14.6. The molecule has 1 fully saturated rings. The van der Waals surface area contributed by atoms with Crippen molar-refractivity contribution in [1.29, 1.82) is 0 Å². The number of piperidine rings is 1. The molecule has 1 aliphatic rings. The van der Waals surface area contributed by atoms with Crippen LogP contribution in [-0.4, -0.2) is 49.2 Å². The van der Waals surface area contributed by atoms with Gasteiger partial charge in [0.2, 0.25) is 5.91 Å². The van der Waals surface area contributed by atoms with E-state index in [1.807, 2.05) is 24.2 Å². The largest absolute Gasteiger partial charge is 0.342 e. The Balaban J connectivity index is 1.54. The lowest BCUT2D eigenvalue weighted by atomic mass is 9.98. The Hall–Kier alpha value is -2.09. The first-order valence-electron chi connectivity index (χ1n) is 8.47. The molecule has 0 aliphatic carbocycles. The molecule has 0 bridgehead atoms. The molecular weight excluding hydrogens is 338 g/mol. The molecule has 3 rings (SSSR count). The van der Waals surface area contributed by atoms with Crippen LogP contribution >= 0.6 is 11.8 Å². The molecule has 1 atom stereocenters. The van der Waals surface area contributed by atoms with Crippen molar-refractivity contribution in [3.63, 3.8) is 0 Å². The van der Waals surface area contributed by atoms with Gasteiger partial charge >= 0.3 is 0 Å². The lowest BCUT2D eigenvalue weighted by Gasteiger charge is -2.33. The molecule has 3 heterocycles. The van der Waals surface area contributed by atoms with Crippen molar-refractivity contribution >= 4 is 17.7 Å². The van der Waals surface area contributed by atoms with E-state index < -0.39 is 0 Å². The fourth-order valence-electron chi connectivity index (χ4n) is 3.16. The number of imidazole rings is 1. The number of H-pyrrole nitrogens is 1. The van der Waals surface area contributed by atoms with E-state index in [0.29, 0.717) is 22.5 Å². The highest BCUT2D eigenvalue weighted by molar-refractivity contribution is 7.99. The van der Waals surface area contributed by atoms with Crippen molar-refractivity contribution in [1.82, 2.24) is 24.4 Å². The highest BCUT2D eigenvalue weighted by Gasteiger charge is 2.24. The quantitative estimate of drug-likeness (QED) is 0.646. The molecule has 0 spiro atoms. The van der Waals surface area contributed by atoms with Gasteiger partial charge in [0.15, 0.2) is 5.16 Å². The van der Waals surface area contributed by atoms with E-state index in [-0.39, 0.29) is 11.5 Å². The Bertz CT molecular complexity index is 800. The minimum Gasteiger partial charge on any atom is -0.342 e. The summed E-state index contributed by atoms with van der Waals surface area (Å²) < 4.78 is 2.15. The van der Waals surface area contributed by atoms with Crippen molar-refractivity contribution in [3.05, 3.63) is 40.3 Å². The van der Waals surface area contributed by atoms with Gasteiger partial charge in [-0.3, -0.25) is 9.59 Å². The molecular formula is C17H23N5O2S. The van der Waals surface area contributed by atoms with E-state index in [1.54, 1.807) is 6.92 Å². The number of carbonyl (C=O) groups excluding carboxylic acids is 1. The van der Waals surface area contributed by atoms with Crippen LogP contribution in [-0.2, 0) is 11.3 Å². The predicted molar refractivity (Wildman–Crippen MR) is 96.6 cm³/mol. The van der Waals surface area contributed by atoms with Gasteiger partial charge in [0, 0.05) is 43.8 Å². The van der Waals surface area contributed by atoms with Crippen LogP contribution in [0.1, 0.15) is 24.4 Å². The third-order valence-electron chi connectivity index (χ3n) is 4.43. The smallest absolute Gasteiger partial charge is 0.251 e. The number of aromatic amines is 1. The summed E-state index contributed by atoms with van der Waals surface area (Å²) in [6, 6.07) is 1.44. The molecule has 134 valence electrons. The predicted octanol–water partition coefficient (Wildman–Crippen LogP) is 1.61. The number of hydrogen-bond acceptors (Lipinski definition) is 5. The average molecular weight is 361 g/mol. The maximum atomic E-state index is 12.5. The monoisotopic (exact) mass is 361 g/mol. The molecule has 2 aromatic rings. The van der Waals surface area contributed by atoms with Gasteiger partial charge < -0.3 is 14.5 Å². The Morgan fingerprint density at radius 2 is 2.28 bits per heavy atom. The summed E-state index contributed by atoms with van der Waals surface area (Å²) >= 11 is 1.29. The summed E-state index contributed by atoms with van der Waals surface area (Å²) in [4.78, 5) is 37.1. The van der Waals surface area contributed by atoms with Crippen molar-refractivity contribution in [2.75, 3.05) is 18.8 Å². The molecule has 1 amide bonds. The van der Waals surface area contributed by atoms with Gasteiger partial charge in [-0.25, -0.2) is 9.97 Å². The first-order valence-corrected chi connectivity index (χ1v) is 9.46. The van der Waals surface area contributed by atoms with E-state index in [4.69, 9.17) is 0 Å². The molecule has 1 unspecified atom stereocenters. The SMILES string of the molecule is Cc1cc(=O)[nH]c(SCC(=O)N2CCCC(Cn3ccnc3C)C2)n1. The molecule has 8 heteroatoms. The second-order valence-electron chi connectivity index (χ2n) is 6.46. The zero-order valence-corrected chi connectivity index (χ0v) is 15.4. The van der Waals surface area contributed by atoms with E-state index in [9.17, 15) is 9.59 Å². The maximum absolute atomic E-state index is 12.5. The lowest BCUT2D eigenvalue weighted by Crippen LogP contribution is -2.42. The first-order chi connectivity index (χ1) is 12.0. The number of aryl methyl sites for hydroxylation is 2. The molecule has 7 nitrogen and oxygen atoms in total. The standard InChI is InChI=1S/C17H23N5O2S/c1-12-8-15(23)20-17(19-12)25-11-16(24)22-6-3-4-14(10-22)9-21-7-5-18-13(21)2/h5,7-8,14H,3-4,6,9-11H2,1-2H3,(H,19,20,23). The highest BCUT2D eigenvalue weighted by Crippen LogP contribution is 2.21. The fraction of sp³-hybridized carbons (Fsp3) is 0.529. The van der Waals surface area contributed by atoms with Gasteiger partial charge in [-0.15, -0.1) is 0 Å². The van der Waals surface area contributed by atoms with Crippen molar-refractivity contribution in [2.24, 2.45) is 5.92 Å². The number of amides is 1. The van der Waals surface area contributed by atoms with Crippen LogP contribution in [0, 0.1) is 19.8 Å². The normalized spacial score (nSPS) is 17.7. The maximum Gasteiger partial charge on any atom is 0.251 e. The number of thioether (sulfide) groups is 1. The Labute approximate surface area is 150 Å². The summed E-state index contributed by atoms with van der Waals surface area (Å²) in [5, 5.41) is 0.501. The highest BCUT2D eigenvalue weighted by atomic mass is 32.2. The summed E-state index contributed by atoms with van der Waals surface area (Å²) in [6.07, 6.45) is 5.95. The van der Waals surface area contributed by atoms with Gasteiger partial charge in [0.05, 0.1) is 5.75 Å². The number of rotatable bonds is 5. The number of nitrogens with zero attached hydrogens (tertiary/aromatic N) is 4. The molecule has 0 saturated carbocycles. The third-order valence-corrected chi connectivity index (χ3v) is 5.29. The van der Waals surface area contributed by atoms with Gasteiger partial charge in [0.1, 0.15) is 5.82 Å². The van der Waals surface area contributed by atoms with Crippen LogP contribution in [0.15, 0.2) is 28.4 Å². The van der Waals surface area contributed by atoms with Gasteiger partial charge in [0.25, 0.3) is 5.56 Å². The van der Waals surface area contributed by atoms with Crippen LogP contribution in [0.25, 0.3) is 0 Å². The minimum absolute atomic E-state index is 0.0983. The van der Waals surface area contributed by atoms with Crippen LogP contribution in [0.2, 0.25) is 0 Å². The lowest BCUT2D eigenvalue weighted by molar-refractivity contribution is -0.130. The number of hydrogen-bond donors (Lipinski definition) is 1. The van der Waals surface area contributed by atoms with Gasteiger partial charge in [-0.05, 0) is 32.6 Å². The first kappa shape index (κ1) is 17.7. The van der Waals surface area contributed by atoms with Crippen molar-refractivity contribution in [2.45, 2.75) is 38.4 Å². The molecule has 1 N–H and O–H groups in total. The second-order valence-corrected chi connectivity index (χ2v) is 7.42. The number of aromatic nitrogens is 4. The molecule has 2 aromatic heterocycles. The van der Waals surface area contributed by atoms with Crippen LogP contribution in [0.3, 0.4) is 0 Å². The van der Waals surface area contributed by atoms with E-state index in [1.165, 1.54) is 17.8 Å². The van der Waals surface area contributed by atoms with E-state index in [2.05, 4.69) is 19.5 Å². The summed E-state index contributed by atoms with van der Waals surface area (Å²) in [7, 11) is 0. The molecule has 25 heavy (non-hydrogen) atoms. The summed E-state index contributed by atoms with van der Waals surface area (Å²) in [5.41, 5.74) is 0.476. The second kappa shape index (κ2) is 7.86. The van der Waals surface area contributed by atoms with Crippen LogP contribution in [0.5, 0.6) is 0 Å². The van der Waals surface area contributed by atoms with Crippen molar-refractivity contribution in [3.8, 4) is 0 Å². The van der Waals surface area contributed by atoms with E-state index in [0.717, 1.165) is 38.3 Å². The van der Waals surface area contributed by atoms with Crippen molar-refractivity contribution < 1.29 is 4.79 Å². The molecule has 0 aromatic carbocycles. The number of nitrogens with one attached hydrogen (secondary N) is 1. The van der Waals surface area contributed by atoms with Gasteiger partial charge in [-0.2, -0.15) is 0 Å². The zero-order chi connectivity index (χ0) is 17.8. The Kier molecular flexibility index (Phi) is 5.57. The van der Waals surface area contributed by atoms with Gasteiger partial charge in [-0.1, -0.05) is 11.8 Å². The Morgan fingerprint density at radius 3 is 3.00 bits per heavy atom. The molecule has 0 radical (unpaired) electrons. The molecule has 1 saturated heterocycles. The van der Waals surface area contributed by atoms with E-state index >= 15 is 0 Å².